The summed E-state index contributed by atoms with van der Waals surface area (Å²) in [6.45, 7) is 0.976. The third-order valence-corrected chi connectivity index (χ3v) is 4.44. The van der Waals surface area contributed by atoms with Crippen LogP contribution in [-0.4, -0.2) is 43.0 Å². The van der Waals surface area contributed by atoms with Gasteiger partial charge >= 0.3 is 0 Å². The number of nitrogens with zero attached hydrogens (tertiary/aromatic N) is 1. The second kappa shape index (κ2) is 10.2. The molecule has 0 spiro atoms. The van der Waals surface area contributed by atoms with Gasteiger partial charge in [0.25, 0.3) is 0 Å². The predicted molar refractivity (Wildman–Crippen MR) is 107 cm³/mol. The standard InChI is InChI=1S/C20H21F2N3O3.ClH/c1-28-17-4-2-16(3-5-17)24-19(26)11-18-20(27)25(7-6-23-18)12-13-8-14(21)10-15(22)9-13;/h2-5,8-10,18,23H,6-7,11-12H2,1H3,(H,24,26);1H. The van der Waals surface area contributed by atoms with Gasteiger partial charge in [-0.2, -0.15) is 0 Å². The Hall–Kier alpha value is -2.71. The summed E-state index contributed by atoms with van der Waals surface area (Å²) in [4.78, 5) is 26.4. The molecule has 1 aliphatic heterocycles. The molecule has 2 aromatic rings. The largest absolute Gasteiger partial charge is 0.497 e. The highest BCUT2D eigenvalue weighted by atomic mass is 35.5. The van der Waals surface area contributed by atoms with E-state index in [4.69, 9.17) is 4.74 Å². The predicted octanol–water partition coefficient (Wildman–Crippen LogP) is 2.72. The van der Waals surface area contributed by atoms with Gasteiger partial charge in [-0.1, -0.05) is 0 Å². The Balaban J connectivity index is 0.00000300. The normalized spacial score (nSPS) is 16.2. The van der Waals surface area contributed by atoms with E-state index >= 15 is 0 Å². The Morgan fingerprint density at radius 3 is 2.48 bits per heavy atom. The van der Waals surface area contributed by atoms with E-state index in [0.29, 0.717) is 30.1 Å². The summed E-state index contributed by atoms with van der Waals surface area (Å²) in [6, 6.07) is 9.35. The van der Waals surface area contributed by atoms with Crippen LogP contribution in [0.5, 0.6) is 5.75 Å². The van der Waals surface area contributed by atoms with Gasteiger partial charge in [-0.25, -0.2) is 8.78 Å². The van der Waals surface area contributed by atoms with E-state index in [1.807, 2.05) is 0 Å². The second-order valence-corrected chi connectivity index (χ2v) is 6.53. The number of ether oxygens (including phenoxy) is 1. The molecule has 29 heavy (non-hydrogen) atoms. The number of carbonyl (C=O) groups is 2. The molecule has 1 heterocycles. The van der Waals surface area contributed by atoms with Crippen LogP contribution in [0.2, 0.25) is 0 Å². The van der Waals surface area contributed by atoms with Crippen molar-refractivity contribution in [1.29, 1.82) is 0 Å². The number of methoxy groups -OCH3 is 1. The minimum absolute atomic E-state index is 0. The average Bonchev–Trinajstić information content (AvgIpc) is 2.65. The lowest BCUT2D eigenvalue weighted by molar-refractivity contribution is -0.138. The fraction of sp³-hybridized carbons (Fsp3) is 0.300. The van der Waals surface area contributed by atoms with Gasteiger partial charge < -0.3 is 20.3 Å². The summed E-state index contributed by atoms with van der Waals surface area (Å²) in [5.41, 5.74) is 0.968. The molecule has 0 bridgehead atoms. The summed E-state index contributed by atoms with van der Waals surface area (Å²) in [5.74, 6) is -1.29. The smallest absolute Gasteiger partial charge is 0.240 e. The number of rotatable bonds is 6. The molecule has 0 radical (unpaired) electrons. The highest BCUT2D eigenvalue weighted by molar-refractivity contribution is 5.95. The molecule has 1 saturated heterocycles. The monoisotopic (exact) mass is 425 g/mol. The zero-order chi connectivity index (χ0) is 20.1. The lowest BCUT2D eigenvalue weighted by atomic mass is 10.1. The van der Waals surface area contributed by atoms with E-state index in [1.54, 1.807) is 31.4 Å². The lowest BCUT2D eigenvalue weighted by Gasteiger charge is -2.33. The molecule has 0 aliphatic carbocycles. The van der Waals surface area contributed by atoms with E-state index in [0.717, 1.165) is 6.07 Å². The van der Waals surface area contributed by atoms with E-state index in [1.165, 1.54) is 17.0 Å². The van der Waals surface area contributed by atoms with Crippen LogP contribution in [0.15, 0.2) is 42.5 Å². The van der Waals surface area contributed by atoms with Crippen LogP contribution in [-0.2, 0) is 16.1 Å². The zero-order valence-electron chi connectivity index (χ0n) is 15.8. The fourth-order valence-corrected chi connectivity index (χ4v) is 3.10. The van der Waals surface area contributed by atoms with Gasteiger partial charge in [0.15, 0.2) is 0 Å². The van der Waals surface area contributed by atoms with Crippen molar-refractivity contribution in [2.75, 3.05) is 25.5 Å². The van der Waals surface area contributed by atoms with Gasteiger partial charge in [0.05, 0.1) is 19.6 Å². The summed E-state index contributed by atoms with van der Waals surface area (Å²) < 4.78 is 31.8. The van der Waals surface area contributed by atoms with Crippen molar-refractivity contribution < 1.29 is 23.1 Å². The number of anilines is 1. The maximum atomic E-state index is 13.4. The molecule has 1 aliphatic rings. The van der Waals surface area contributed by atoms with Crippen molar-refractivity contribution in [1.82, 2.24) is 10.2 Å². The number of halogens is 3. The third-order valence-electron chi connectivity index (χ3n) is 4.44. The third kappa shape index (κ3) is 6.13. The second-order valence-electron chi connectivity index (χ2n) is 6.53. The van der Waals surface area contributed by atoms with Crippen LogP contribution in [0, 0.1) is 11.6 Å². The van der Waals surface area contributed by atoms with Gasteiger partial charge in [0.2, 0.25) is 11.8 Å². The minimum atomic E-state index is -0.689. The molecule has 0 aromatic heterocycles. The molecule has 0 saturated carbocycles. The van der Waals surface area contributed by atoms with E-state index in [2.05, 4.69) is 10.6 Å². The Morgan fingerprint density at radius 2 is 1.86 bits per heavy atom. The fourth-order valence-electron chi connectivity index (χ4n) is 3.10. The Labute approximate surface area is 173 Å². The minimum Gasteiger partial charge on any atom is -0.497 e. The molecule has 9 heteroatoms. The van der Waals surface area contributed by atoms with Crippen molar-refractivity contribution >= 4 is 29.9 Å². The van der Waals surface area contributed by atoms with E-state index in [-0.39, 0.29) is 37.2 Å². The molecular weight excluding hydrogens is 404 g/mol. The van der Waals surface area contributed by atoms with Gasteiger partial charge in [-0.3, -0.25) is 9.59 Å². The van der Waals surface area contributed by atoms with Gasteiger partial charge in [0.1, 0.15) is 17.4 Å². The van der Waals surface area contributed by atoms with Crippen molar-refractivity contribution in [3.05, 3.63) is 59.7 Å². The number of carbonyl (C=O) groups excluding carboxylic acids is 2. The summed E-state index contributed by atoms with van der Waals surface area (Å²) >= 11 is 0. The maximum Gasteiger partial charge on any atom is 0.240 e. The van der Waals surface area contributed by atoms with E-state index in [9.17, 15) is 18.4 Å². The molecule has 2 amide bonds. The maximum absolute atomic E-state index is 13.4. The first-order chi connectivity index (χ1) is 13.4. The first kappa shape index (κ1) is 22.6. The Kier molecular flexibility index (Phi) is 7.92. The van der Waals surface area contributed by atoms with Gasteiger partial charge in [-0.05, 0) is 42.0 Å². The molecule has 1 fully saturated rings. The van der Waals surface area contributed by atoms with Crippen LogP contribution >= 0.6 is 12.4 Å². The van der Waals surface area contributed by atoms with E-state index < -0.39 is 17.7 Å². The number of nitrogens with one attached hydrogen (secondary N) is 2. The lowest BCUT2D eigenvalue weighted by Crippen LogP contribution is -2.55. The molecule has 6 nitrogen and oxygen atoms in total. The number of piperazine rings is 1. The summed E-state index contributed by atoms with van der Waals surface area (Å²) in [5, 5.41) is 5.76. The van der Waals surface area contributed by atoms with Crippen LogP contribution < -0.4 is 15.4 Å². The van der Waals surface area contributed by atoms with Crippen molar-refractivity contribution in [3.63, 3.8) is 0 Å². The number of hydrogen-bond acceptors (Lipinski definition) is 4. The quantitative estimate of drug-likeness (QED) is 0.746. The topological polar surface area (TPSA) is 70.7 Å². The molecular formula is C20H22ClF2N3O3. The number of amides is 2. The molecule has 156 valence electrons. The molecule has 3 rings (SSSR count). The van der Waals surface area contributed by atoms with Crippen LogP contribution in [0.4, 0.5) is 14.5 Å². The van der Waals surface area contributed by atoms with Crippen molar-refractivity contribution in [3.8, 4) is 5.75 Å². The summed E-state index contributed by atoms with van der Waals surface area (Å²) in [6.07, 6.45) is -0.0428. The van der Waals surface area contributed by atoms with Gasteiger partial charge in [-0.15, -0.1) is 12.4 Å². The van der Waals surface area contributed by atoms with Crippen LogP contribution in [0.1, 0.15) is 12.0 Å². The Morgan fingerprint density at radius 1 is 1.21 bits per heavy atom. The zero-order valence-corrected chi connectivity index (χ0v) is 16.6. The highest BCUT2D eigenvalue weighted by Crippen LogP contribution is 2.17. The molecule has 2 N–H and O–H groups in total. The first-order valence-corrected chi connectivity index (χ1v) is 8.85. The number of benzene rings is 2. The molecule has 2 aromatic carbocycles. The molecule has 1 atom stereocenters. The average molecular weight is 426 g/mol. The Bertz CT molecular complexity index is 844. The summed E-state index contributed by atoms with van der Waals surface area (Å²) in [7, 11) is 1.55. The highest BCUT2D eigenvalue weighted by Gasteiger charge is 2.30. The van der Waals surface area contributed by atoms with Gasteiger partial charge in [0, 0.05) is 31.4 Å². The number of hydrogen-bond donors (Lipinski definition) is 2. The first-order valence-electron chi connectivity index (χ1n) is 8.85. The SMILES string of the molecule is COc1ccc(NC(=O)CC2NCCN(Cc3cc(F)cc(F)c3)C2=O)cc1.Cl. The van der Waals surface area contributed by atoms with Crippen molar-refractivity contribution in [2.24, 2.45) is 0 Å². The molecule has 1 unspecified atom stereocenters. The van der Waals surface area contributed by atoms with Crippen LogP contribution in [0.3, 0.4) is 0 Å². The van der Waals surface area contributed by atoms with Crippen LogP contribution in [0.25, 0.3) is 0 Å². The van der Waals surface area contributed by atoms with Crippen molar-refractivity contribution in [2.45, 2.75) is 19.0 Å².